The average molecular weight is 254 g/mol. The van der Waals surface area contributed by atoms with Crippen LogP contribution in [0.3, 0.4) is 0 Å². The molecule has 100 valence electrons. The summed E-state index contributed by atoms with van der Waals surface area (Å²) in [6.45, 7) is 3.52. The first-order valence-corrected chi connectivity index (χ1v) is 5.12. The van der Waals surface area contributed by atoms with Crippen molar-refractivity contribution < 1.29 is 23.1 Å². The minimum absolute atomic E-state index is 0.158. The van der Waals surface area contributed by atoms with E-state index in [0.717, 1.165) is 0 Å². The molecule has 0 radical (unpaired) electrons. The van der Waals surface area contributed by atoms with E-state index in [4.69, 9.17) is 0 Å². The molecule has 0 aromatic heterocycles. The van der Waals surface area contributed by atoms with E-state index in [1.807, 2.05) is 0 Å². The summed E-state index contributed by atoms with van der Waals surface area (Å²) in [6, 6.07) is -0.929. The highest BCUT2D eigenvalue weighted by Crippen LogP contribution is 2.22. The molecule has 2 unspecified atom stereocenters. The van der Waals surface area contributed by atoms with Crippen LogP contribution in [0.1, 0.15) is 12.8 Å². The second kappa shape index (κ2) is 7.29. The van der Waals surface area contributed by atoms with Crippen LogP contribution in [0.5, 0.6) is 0 Å². The van der Waals surface area contributed by atoms with Gasteiger partial charge in [-0.3, -0.25) is 4.79 Å². The van der Waals surface area contributed by atoms with Crippen LogP contribution in [0.15, 0.2) is 12.7 Å². The molecule has 0 fully saturated rings. The number of nitrogens with one attached hydrogen (secondary N) is 2. The van der Waals surface area contributed by atoms with Crippen molar-refractivity contribution in [1.29, 1.82) is 0 Å². The van der Waals surface area contributed by atoms with Crippen LogP contribution in [-0.4, -0.2) is 42.9 Å². The standard InChI is InChI=1S/C10H17F3N2O2/c1-3-6-15-9(17)8(16)7(14-2)4-5-10(11,12)13/h3,7-8,14,16H,1,4-6H2,2H3,(H,15,17). The van der Waals surface area contributed by atoms with Crippen LogP contribution in [0.4, 0.5) is 13.2 Å². The summed E-state index contributed by atoms with van der Waals surface area (Å²) in [5.74, 6) is -0.716. The van der Waals surface area contributed by atoms with Crippen LogP contribution in [-0.2, 0) is 4.79 Å². The van der Waals surface area contributed by atoms with Crippen molar-refractivity contribution >= 4 is 5.91 Å². The molecule has 0 saturated carbocycles. The number of carbonyl (C=O) groups is 1. The smallest absolute Gasteiger partial charge is 0.382 e. The minimum Gasteiger partial charge on any atom is -0.382 e. The Hall–Kier alpha value is -1.08. The Morgan fingerprint density at radius 3 is 2.53 bits per heavy atom. The van der Waals surface area contributed by atoms with Gasteiger partial charge in [-0.05, 0) is 13.5 Å². The molecule has 0 aliphatic heterocycles. The maximum absolute atomic E-state index is 12.0. The maximum Gasteiger partial charge on any atom is 0.389 e. The number of halogens is 3. The molecule has 7 heteroatoms. The summed E-state index contributed by atoms with van der Waals surface area (Å²) in [5.41, 5.74) is 0. The van der Waals surface area contributed by atoms with E-state index < -0.39 is 30.7 Å². The fraction of sp³-hybridized carbons (Fsp3) is 0.700. The van der Waals surface area contributed by atoms with E-state index in [0.29, 0.717) is 0 Å². The third-order valence-corrected chi connectivity index (χ3v) is 2.18. The van der Waals surface area contributed by atoms with Gasteiger partial charge in [0.15, 0.2) is 0 Å². The van der Waals surface area contributed by atoms with E-state index in [1.165, 1.54) is 13.1 Å². The Balaban J connectivity index is 4.24. The average Bonchev–Trinajstić information content (AvgIpc) is 2.24. The summed E-state index contributed by atoms with van der Waals surface area (Å²) in [5, 5.41) is 14.3. The molecule has 0 aromatic rings. The van der Waals surface area contributed by atoms with Crippen LogP contribution < -0.4 is 10.6 Å². The fourth-order valence-electron chi connectivity index (χ4n) is 1.24. The molecule has 3 N–H and O–H groups in total. The summed E-state index contributed by atoms with van der Waals surface area (Å²) < 4.78 is 36.0. The lowest BCUT2D eigenvalue weighted by atomic mass is 10.0. The summed E-state index contributed by atoms with van der Waals surface area (Å²) in [4.78, 5) is 11.3. The maximum atomic E-state index is 12.0. The second-order valence-electron chi connectivity index (χ2n) is 3.53. The van der Waals surface area contributed by atoms with Crippen LogP contribution in [0, 0.1) is 0 Å². The van der Waals surface area contributed by atoms with Gasteiger partial charge >= 0.3 is 6.18 Å². The molecular formula is C10H17F3N2O2. The van der Waals surface area contributed by atoms with Crippen molar-refractivity contribution in [3.63, 3.8) is 0 Å². The molecule has 0 aromatic carbocycles. The molecule has 0 saturated heterocycles. The monoisotopic (exact) mass is 254 g/mol. The van der Waals surface area contributed by atoms with Crippen molar-refractivity contribution in [2.24, 2.45) is 0 Å². The van der Waals surface area contributed by atoms with Crippen molar-refractivity contribution in [3.05, 3.63) is 12.7 Å². The van der Waals surface area contributed by atoms with Crippen LogP contribution >= 0.6 is 0 Å². The molecular weight excluding hydrogens is 237 g/mol. The fourth-order valence-corrected chi connectivity index (χ4v) is 1.24. The van der Waals surface area contributed by atoms with Crippen LogP contribution in [0.2, 0.25) is 0 Å². The van der Waals surface area contributed by atoms with E-state index in [9.17, 15) is 23.1 Å². The third-order valence-electron chi connectivity index (χ3n) is 2.18. The molecule has 2 atom stereocenters. The number of hydrogen-bond acceptors (Lipinski definition) is 3. The molecule has 4 nitrogen and oxygen atoms in total. The number of rotatable bonds is 7. The molecule has 0 aliphatic rings. The molecule has 0 heterocycles. The first-order chi connectivity index (χ1) is 7.81. The number of amides is 1. The molecule has 1 amide bonds. The van der Waals surface area contributed by atoms with Gasteiger partial charge in [0.1, 0.15) is 6.10 Å². The zero-order valence-electron chi connectivity index (χ0n) is 9.55. The van der Waals surface area contributed by atoms with Gasteiger partial charge in [0.2, 0.25) is 0 Å². The number of aliphatic hydroxyl groups excluding tert-OH is 1. The first-order valence-electron chi connectivity index (χ1n) is 5.12. The summed E-state index contributed by atoms with van der Waals surface area (Å²) >= 11 is 0. The Kier molecular flexibility index (Phi) is 6.82. The van der Waals surface area contributed by atoms with E-state index >= 15 is 0 Å². The number of carbonyl (C=O) groups excluding carboxylic acids is 1. The van der Waals surface area contributed by atoms with Gasteiger partial charge in [0.05, 0.1) is 0 Å². The van der Waals surface area contributed by atoms with Gasteiger partial charge in [-0.2, -0.15) is 13.2 Å². The van der Waals surface area contributed by atoms with Crippen molar-refractivity contribution in [2.75, 3.05) is 13.6 Å². The van der Waals surface area contributed by atoms with Crippen molar-refractivity contribution in [1.82, 2.24) is 10.6 Å². The Labute approximate surface area is 97.9 Å². The number of aliphatic hydroxyl groups is 1. The lowest BCUT2D eigenvalue weighted by Gasteiger charge is -2.22. The Bertz CT molecular complexity index is 256. The quantitative estimate of drug-likeness (QED) is 0.582. The number of likely N-dealkylation sites (N-methyl/N-ethyl adjacent to an activating group) is 1. The lowest BCUT2D eigenvalue weighted by molar-refractivity contribution is -0.141. The van der Waals surface area contributed by atoms with Crippen molar-refractivity contribution in [3.8, 4) is 0 Å². The van der Waals surface area contributed by atoms with Crippen molar-refractivity contribution in [2.45, 2.75) is 31.2 Å². The van der Waals surface area contributed by atoms with Gasteiger partial charge in [-0.15, -0.1) is 6.58 Å². The van der Waals surface area contributed by atoms with Gasteiger partial charge in [0, 0.05) is 19.0 Å². The largest absolute Gasteiger partial charge is 0.389 e. The highest BCUT2D eigenvalue weighted by atomic mass is 19.4. The predicted molar refractivity (Wildman–Crippen MR) is 57.4 cm³/mol. The normalized spacial score (nSPS) is 15.1. The number of hydrogen-bond donors (Lipinski definition) is 3. The number of alkyl halides is 3. The highest BCUT2D eigenvalue weighted by Gasteiger charge is 2.31. The highest BCUT2D eigenvalue weighted by molar-refractivity contribution is 5.81. The summed E-state index contributed by atoms with van der Waals surface area (Å²) in [7, 11) is 1.39. The van der Waals surface area contributed by atoms with Gasteiger partial charge < -0.3 is 15.7 Å². The lowest BCUT2D eigenvalue weighted by Crippen LogP contribution is -2.48. The molecule has 0 aliphatic carbocycles. The Morgan fingerprint density at radius 2 is 2.12 bits per heavy atom. The molecule has 0 bridgehead atoms. The summed E-state index contributed by atoms with van der Waals surface area (Å²) in [6.07, 6.45) is -5.81. The van der Waals surface area contributed by atoms with Gasteiger partial charge in [0.25, 0.3) is 5.91 Å². The second-order valence-corrected chi connectivity index (χ2v) is 3.53. The Morgan fingerprint density at radius 1 is 1.53 bits per heavy atom. The molecule has 0 rings (SSSR count). The topological polar surface area (TPSA) is 61.4 Å². The first kappa shape index (κ1) is 15.9. The SMILES string of the molecule is C=CCNC(=O)C(O)C(CCC(F)(F)F)NC. The van der Waals surface area contributed by atoms with Gasteiger partial charge in [-0.25, -0.2) is 0 Å². The van der Waals surface area contributed by atoms with E-state index in [2.05, 4.69) is 17.2 Å². The molecule has 17 heavy (non-hydrogen) atoms. The predicted octanol–water partition coefficient (Wildman–Crippen LogP) is 0.580. The van der Waals surface area contributed by atoms with E-state index in [1.54, 1.807) is 0 Å². The minimum atomic E-state index is -4.30. The zero-order chi connectivity index (χ0) is 13.5. The third kappa shape index (κ3) is 6.96. The molecule has 0 spiro atoms. The van der Waals surface area contributed by atoms with Crippen LogP contribution in [0.25, 0.3) is 0 Å². The zero-order valence-corrected chi connectivity index (χ0v) is 9.55. The van der Waals surface area contributed by atoms with E-state index in [-0.39, 0.29) is 13.0 Å². The van der Waals surface area contributed by atoms with Gasteiger partial charge in [-0.1, -0.05) is 6.08 Å².